The Kier molecular flexibility index (Phi) is 10.3. The Labute approximate surface area is 242 Å². The maximum Gasteiger partial charge on any atom is 0.244 e. The number of anilines is 1. The molecule has 0 spiro atoms. The molecule has 1 atom stereocenters. The summed E-state index contributed by atoms with van der Waals surface area (Å²) in [5.41, 5.74) is 1.38. The molecule has 3 aromatic rings. The van der Waals surface area contributed by atoms with Crippen LogP contribution in [0.25, 0.3) is 0 Å². The first-order valence-electron chi connectivity index (χ1n) is 11.3. The summed E-state index contributed by atoms with van der Waals surface area (Å²) in [5.74, 6) is -1.07. The maximum absolute atomic E-state index is 13.9. The Morgan fingerprint density at radius 1 is 0.868 bits per heavy atom. The maximum atomic E-state index is 13.9. The number of nitrogens with zero attached hydrogens (tertiary/aromatic N) is 2. The van der Waals surface area contributed by atoms with Crippen LogP contribution in [0.2, 0.25) is 20.1 Å². The Morgan fingerprint density at radius 2 is 1.47 bits per heavy atom. The van der Waals surface area contributed by atoms with Gasteiger partial charge in [-0.15, -0.1) is 0 Å². The van der Waals surface area contributed by atoms with E-state index in [-0.39, 0.29) is 33.7 Å². The Balaban J connectivity index is 2.08. The molecule has 0 bridgehead atoms. The molecule has 0 saturated carbocycles. The van der Waals surface area contributed by atoms with Crippen molar-refractivity contribution in [1.82, 2.24) is 10.2 Å². The molecular weight excluding hydrogens is 592 g/mol. The van der Waals surface area contributed by atoms with Crippen LogP contribution in [-0.2, 0) is 32.6 Å². The minimum absolute atomic E-state index is 0.0117. The minimum atomic E-state index is -4.02. The van der Waals surface area contributed by atoms with Crippen LogP contribution in [0.4, 0.5) is 5.69 Å². The number of halogens is 4. The standard InChI is InChI=1S/C26H25Cl4N3O4S/c1-31-26(35)24(12-17-8-4-3-5-9-17)32(15-18-10-6-7-11-19(18)27)25(34)16-33(38(2,36)37)23-14-21(29)20(28)13-22(23)30/h3-11,13-14,24H,12,15-16H2,1-2H3,(H,31,35)/t24-/m0/s1. The van der Waals surface area contributed by atoms with Crippen molar-refractivity contribution in [1.29, 1.82) is 0 Å². The van der Waals surface area contributed by atoms with Gasteiger partial charge < -0.3 is 10.2 Å². The Bertz CT molecular complexity index is 1420. The van der Waals surface area contributed by atoms with Gasteiger partial charge in [0.05, 0.1) is 27.0 Å². The van der Waals surface area contributed by atoms with Crippen LogP contribution in [0.1, 0.15) is 11.1 Å². The molecule has 0 radical (unpaired) electrons. The van der Waals surface area contributed by atoms with E-state index >= 15 is 0 Å². The van der Waals surface area contributed by atoms with Gasteiger partial charge in [0, 0.05) is 25.0 Å². The Morgan fingerprint density at radius 3 is 2.08 bits per heavy atom. The molecule has 0 heterocycles. The van der Waals surface area contributed by atoms with Gasteiger partial charge in [0.25, 0.3) is 0 Å². The molecule has 0 saturated heterocycles. The number of likely N-dealkylation sites (N-methyl/N-ethyl adjacent to an activating group) is 1. The molecule has 0 aromatic heterocycles. The minimum Gasteiger partial charge on any atom is -0.357 e. The quantitative estimate of drug-likeness (QED) is 0.307. The van der Waals surface area contributed by atoms with Crippen LogP contribution < -0.4 is 9.62 Å². The highest BCUT2D eigenvalue weighted by Crippen LogP contribution is 2.35. The van der Waals surface area contributed by atoms with E-state index in [1.165, 1.54) is 24.1 Å². The fraction of sp³-hybridized carbons (Fsp3) is 0.231. The van der Waals surface area contributed by atoms with Gasteiger partial charge in [-0.1, -0.05) is 94.9 Å². The van der Waals surface area contributed by atoms with E-state index in [4.69, 9.17) is 46.4 Å². The number of carbonyl (C=O) groups excluding carboxylic acids is 2. The highest BCUT2D eigenvalue weighted by molar-refractivity contribution is 7.92. The lowest BCUT2D eigenvalue weighted by atomic mass is 10.0. The van der Waals surface area contributed by atoms with Crippen LogP contribution in [0.3, 0.4) is 0 Å². The molecular formula is C26H25Cl4N3O4S. The third kappa shape index (κ3) is 7.55. The zero-order valence-electron chi connectivity index (χ0n) is 20.5. The van der Waals surface area contributed by atoms with Crippen molar-refractivity contribution in [2.24, 2.45) is 0 Å². The van der Waals surface area contributed by atoms with Gasteiger partial charge in [-0.05, 0) is 29.3 Å². The molecule has 0 aliphatic carbocycles. The number of sulfonamides is 1. The number of nitrogens with one attached hydrogen (secondary N) is 1. The summed E-state index contributed by atoms with van der Waals surface area (Å²) in [6, 6.07) is 17.7. The van der Waals surface area contributed by atoms with Crippen molar-refractivity contribution in [3.8, 4) is 0 Å². The molecule has 1 N–H and O–H groups in total. The number of hydrogen-bond acceptors (Lipinski definition) is 4. The summed E-state index contributed by atoms with van der Waals surface area (Å²) in [4.78, 5) is 28.3. The number of rotatable bonds is 10. The van der Waals surface area contributed by atoms with Gasteiger partial charge in [-0.2, -0.15) is 0 Å². The van der Waals surface area contributed by atoms with Crippen molar-refractivity contribution in [2.75, 3.05) is 24.2 Å². The summed E-state index contributed by atoms with van der Waals surface area (Å²) in [6.45, 7) is -0.695. The summed E-state index contributed by atoms with van der Waals surface area (Å²) >= 11 is 24.8. The van der Waals surface area contributed by atoms with Crippen molar-refractivity contribution in [3.05, 3.63) is 97.9 Å². The molecule has 38 heavy (non-hydrogen) atoms. The van der Waals surface area contributed by atoms with E-state index < -0.39 is 34.4 Å². The number of hydrogen-bond donors (Lipinski definition) is 1. The first-order chi connectivity index (χ1) is 17.9. The molecule has 3 aromatic carbocycles. The van der Waals surface area contributed by atoms with E-state index in [2.05, 4.69) is 5.32 Å². The lowest BCUT2D eigenvalue weighted by Gasteiger charge is -2.33. The van der Waals surface area contributed by atoms with E-state index in [1.54, 1.807) is 24.3 Å². The van der Waals surface area contributed by atoms with E-state index in [9.17, 15) is 18.0 Å². The molecule has 0 unspecified atom stereocenters. The second kappa shape index (κ2) is 13.0. The van der Waals surface area contributed by atoms with Crippen molar-refractivity contribution in [3.63, 3.8) is 0 Å². The predicted octanol–water partition coefficient (Wildman–Crippen LogP) is 5.45. The van der Waals surface area contributed by atoms with Crippen LogP contribution in [-0.4, -0.2) is 51.0 Å². The first-order valence-corrected chi connectivity index (χ1v) is 14.7. The molecule has 2 amide bonds. The smallest absolute Gasteiger partial charge is 0.244 e. The molecule has 12 heteroatoms. The molecule has 0 fully saturated rings. The monoisotopic (exact) mass is 615 g/mol. The molecule has 3 rings (SSSR count). The summed E-state index contributed by atoms with van der Waals surface area (Å²) in [6.07, 6.45) is 1.13. The molecule has 202 valence electrons. The molecule has 0 aliphatic heterocycles. The van der Waals surface area contributed by atoms with E-state index in [0.717, 1.165) is 16.1 Å². The largest absolute Gasteiger partial charge is 0.357 e. The predicted molar refractivity (Wildman–Crippen MR) is 154 cm³/mol. The second-order valence-electron chi connectivity index (χ2n) is 8.42. The second-order valence-corrected chi connectivity index (χ2v) is 12.0. The van der Waals surface area contributed by atoms with Crippen LogP contribution in [0.15, 0.2) is 66.7 Å². The van der Waals surface area contributed by atoms with Crippen molar-refractivity contribution >= 4 is 73.9 Å². The summed E-state index contributed by atoms with van der Waals surface area (Å²) in [5, 5.41) is 3.18. The number of carbonyl (C=O) groups is 2. The number of benzene rings is 3. The third-order valence-electron chi connectivity index (χ3n) is 5.75. The highest BCUT2D eigenvalue weighted by atomic mass is 35.5. The molecule has 0 aliphatic rings. The zero-order chi connectivity index (χ0) is 28.0. The van der Waals surface area contributed by atoms with Crippen LogP contribution in [0, 0.1) is 0 Å². The van der Waals surface area contributed by atoms with Gasteiger partial charge in [-0.3, -0.25) is 13.9 Å². The average Bonchev–Trinajstić information content (AvgIpc) is 2.87. The number of amides is 2. The van der Waals surface area contributed by atoms with Crippen molar-refractivity contribution in [2.45, 2.75) is 19.0 Å². The zero-order valence-corrected chi connectivity index (χ0v) is 24.3. The van der Waals surface area contributed by atoms with Gasteiger partial charge >= 0.3 is 0 Å². The van der Waals surface area contributed by atoms with Crippen LogP contribution >= 0.6 is 46.4 Å². The van der Waals surface area contributed by atoms with Gasteiger partial charge in [-0.25, -0.2) is 8.42 Å². The SMILES string of the molecule is CNC(=O)[C@H](Cc1ccccc1)N(Cc1ccccc1Cl)C(=O)CN(c1cc(Cl)c(Cl)cc1Cl)S(C)(=O)=O. The normalized spacial score (nSPS) is 12.1. The third-order valence-corrected chi connectivity index (χ3v) is 8.27. The molecule has 7 nitrogen and oxygen atoms in total. The van der Waals surface area contributed by atoms with E-state index in [1.807, 2.05) is 30.3 Å². The summed E-state index contributed by atoms with van der Waals surface area (Å²) in [7, 11) is -2.55. The van der Waals surface area contributed by atoms with Gasteiger partial charge in [0.1, 0.15) is 12.6 Å². The topological polar surface area (TPSA) is 86.8 Å². The van der Waals surface area contributed by atoms with Gasteiger partial charge in [0.2, 0.25) is 21.8 Å². The van der Waals surface area contributed by atoms with Crippen LogP contribution in [0.5, 0.6) is 0 Å². The fourth-order valence-electron chi connectivity index (χ4n) is 3.83. The van der Waals surface area contributed by atoms with Gasteiger partial charge in [0.15, 0.2) is 0 Å². The summed E-state index contributed by atoms with van der Waals surface area (Å²) < 4.78 is 26.5. The van der Waals surface area contributed by atoms with Crippen molar-refractivity contribution < 1.29 is 18.0 Å². The lowest BCUT2D eigenvalue weighted by Crippen LogP contribution is -2.53. The first kappa shape index (κ1) is 30.1. The van der Waals surface area contributed by atoms with E-state index in [0.29, 0.717) is 10.6 Å². The average molecular weight is 617 g/mol. The lowest BCUT2D eigenvalue weighted by molar-refractivity contribution is -0.139. The Hall–Kier alpha value is -2.49. The fourth-order valence-corrected chi connectivity index (χ4v) is 5.57. The highest BCUT2D eigenvalue weighted by Gasteiger charge is 2.33.